The second kappa shape index (κ2) is 10.6. The van der Waals surface area contributed by atoms with Gasteiger partial charge in [0, 0.05) is 23.9 Å². The summed E-state index contributed by atoms with van der Waals surface area (Å²) in [6, 6.07) is 6.09. The first-order valence-corrected chi connectivity index (χ1v) is 9.67. The molecule has 0 saturated carbocycles. The number of ether oxygens (including phenoxy) is 3. The van der Waals surface area contributed by atoms with Crippen LogP contribution >= 0.6 is 0 Å². The second-order valence-corrected chi connectivity index (χ2v) is 7.05. The molecule has 0 aliphatic carbocycles. The second-order valence-electron chi connectivity index (χ2n) is 7.05. The Morgan fingerprint density at radius 2 is 1.87 bits per heavy atom. The quantitative estimate of drug-likeness (QED) is 0.382. The van der Waals surface area contributed by atoms with Crippen molar-refractivity contribution < 1.29 is 33.4 Å². The van der Waals surface area contributed by atoms with Gasteiger partial charge in [0.05, 0.1) is 27.2 Å². The van der Waals surface area contributed by atoms with Crippen molar-refractivity contribution in [1.82, 2.24) is 4.90 Å². The molecule has 2 rings (SSSR count). The van der Waals surface area contributed by atoms with Crippen molar-refractivity contribution in [1.29, 1.82) is 0 Å². The summed E-state index contributed by atoms with van der Waals surface area (Å²) in [6.07, 6.45) is 1.94. The number of amides is 1. The van der Waals surface area contributed by atoms with Crippen LogP contribution in [-0.4, -0.2) is 62.6 Å². The van der Waals surface area contributed by atoms with Crippen molar-refractivity contribution >= 4 is 30.4 Å². The molecule has 1 aromatic carbocycles. The summed E-state index contributed by atoms with van der Waals surface area (Å²) in [5.41, 5.74) is 2.19. The zero-order valence-electron chi connectivity index (χ0n) is 17.6. The Hall–Kier alpha value is -3.16. The molecule has 8 nitrogen and oxygen atoms in total. The van der Waals surface area contributed by atoms with Gasteiger partial charge in [-0.1, -0.05) is 29.8 Å². The number of esters is 2. The van der Waals surface area contributed by atoms with Crippen molar-refractivity contribution in [2.75, 3.05) is 27.4 Å². The van der Waals surface area contributed by atoms with E-state index in [1.54, 1.807) is 25.1 Å². The Morgan fingerprint density at radius 1 is 1.17 bits per heavy atom. The molecule has 0 aromatic heterocycles. The van der Waals surface area contributed by atoms with E-state index >= 15 is 0 Å². The number of likely N-dealkylation sites (tertiary alicyclic amines) is 1. The first-order chi connectivity index (χ1) is 14.4. The number of benzene rings is 1. The van der Waals surface area contributed by atoms with Crippen LogP contribution in [0.5, 0.6) is 0 Å². The van der Waals surface area contributed by atoms with Crippen LogP contribution in [0.25, 0.3) is 6.08 Å². The fraction of sp³-hybridized carbons (Fsp3) is 0.455. The van der Waals surface area contributed by atoms with Crippen molar-refractivity contribution in [3.8, 4) is 0 Å². The van der Waals surface area contributed by atoms with Gasteiger partial charge in [0.15, 0.2) is 0 Å². The monoisotopic (exact) mass is 417 g/mol. The molecule has 1 amide bonds. The Balaban J connectivity index is 2.45. The van der Waals surface area contributed by atoms with E-state index in [4.69, 9.17) is 14.2 Å². The van der Waals surface area contributed by atoms with Gasteiger partial charge in [-0.2, -0.15) is 0 Å². The molecule has 1 aromatic rings. The summed E-state index contributed by atoms with van der Waals surface area (Å²) in [5.74, 6) is -1.95. The molecule has 1 aliphatic rings. The van der Waals surface area contributed by atoms with Crippen LogP contribution in [0, 0.1) is 11.8 Å². The predicted octanol–water partition coefficient (Wildman–Crippen LogP) is 2.71. The normalized spacial score (nSPS) is 21.1. The van der Waals surface area contributed by atoms with Crippen LogP contribution in [0.2, 0.25) is 0 Å². The molecule has 1 fully saturated rings. The fourth-order valence-corrected chi connectivity index (χ4v) is 3.83. The van der Waals surface area contributed by atoms with E-state index in [0.717, 1.165) is 17.4 Å². The van der Waals surface area contributed by atoms with E-state index in [-0.39, 0.29) is 25.5 Å². The molecule has 1 saturated heterocycles. The molecule has 3 atom stereocenters. The van der Waals surface area contributed by atoms with Crippen LogP contribution in [0.15, 0.2) is 29.8 Å². The van der Waals surface area contributed by atoms with E-state index in [1.807, 2.05) is 19.1 Å². The highest BCUT2D eigenvalue weighted by Crippen LogP contribution is 2.39. The van der Waals surface area contributed by atoms with Gasteiger partial charge in [0.1, 0.15) is 12.3 Å². The third kappa shape index (κ3) is 5.25. The number of carbonyl (C=O) groups is 4. The summed E-state index contributed by atoms with van der Waals surface area (Å²) in [4.78, 5) is 49.5. The zero-order chi connectivity index (χ0) is 22.3. The number of carbonyl (C=O) groups excluding carboxylic acids is 4. The van der Waals surface area contributed by atoms with Crippen LogP contribution in [-0.2, 0) is 23.8 Å². The van der Waals surface area contributed by atoms with Gasteiger partial charge in [-0.25, -0.2) is 9.59 Å². The minimum absolute atomic E-state index is 0.0591. The molecular weight excluding hydrogens is 390 g/mol. The van der Waals surface area contributed by atoms with Gasteiger partial charge >= 0.3 is 18.0 Å². The summed E-state index contributed by atoms with van der Waals surface area (Å²) in [7, 11) is 2.51. The van der Waals surface area contributed by atoms with Gasteiger partial charge < -0.3 is 14.2 Å². The van der Waals surface area contributed by atoms with Crippen LogP contribution in [0.4, 0.5) is 4.79 Å². The zero-order valence-corrected chi connectivity index (χ0v) is 17.6. The first kappa shape index (κ1) is 23.1. The van der Waals surface area contributed by atoms with Crippen molar-refractivity contribution in [3.05, 3.63) is 41.0 Å². The largest absolute Gasteiger partial charge is 0.469 e. The Labute approximate surface area is 175 Å². The molecule has 0 spiro atoms. The highest BCUT2D eigenvalue weighted by Gasteiger charge is 2.50. The molecular formula is C22H27NO7. The standard InChI is InChI=1S/C22H27NO7/c1-5-30-22(27)23-12-18(14(2)9-15-7-6-8-16(10-15)13-24)17(11-19(25)28-3)20(23)21(26)29-4/h6-10,13,17-18,20H,5,11-12H2,1-4H3/b14-9+/t17-,18+,20-/m0/s1. The molecule has 0 N–H and O–H groups in total. The van der Waals surface area contributed by atoms with E-state index in [1.165, 1.54) is 19.1 Å². The highest BCUT2D eigenvalue weighted by atomic mass is 16.6. The van der Waals surface area contributed by atoms with Gasteiger partial charge in [-0.3, -0.25) is 14.5 Å². The molecule has 162 valence electrons. The average molecular weight is 417 g/mol. The minimum atomic E-state index is -0.970. The lowest BCUT2D eigenvalue weighted by Gasteiger charge is -2.25. The van der Waals surface area contributed by atoms with Gasteiger partial charge in [-0.05, 0) is 25.5 Å². The number of nitrogens with zero attached hydrogens (tertiary/aromatic N) is 1. The van der Waals surface area contributed by atoms with E-state index in [2.05, 4.69) is 0 Å². The maximum absolute atomic E-state index is 12.5. The van der Waals surface area contributed by atoms with Crippen LogP contribution < -0.4 is 0 Å². The Bertz CT molecular complexity index is 833. The maximum Gasteiger partial charge on any atom is 0.410 e. The van der Waals surface area contributed by atoms with Gasteiger partial charge in [-0.15, -0.1) is 0 Å². The average Bonchev–Trinajstić information content (AvgIpc) is 3.12. The summed E-state index contributed by atoms with van der Waals surface area (Å²) < 4.78 is 14.8. The Kier molecular flexibility index (Phi) is 8.15. The highest BCUT2D eigenvalue weighted by molar-refractivity contribution is 5.84. The third-order valence-electron chi connectivity index (χ3n) is 5.25. The Morgan fingerprint density at radius 3 is 2.47 bits per heavy atom. The molecule has 0 bridgehead atoms. The van der Waals surface area contributed by atoms with E-state index in [9.17, 15) is 19.2 Å². The topological polar surface area (TPSA) is 99.2 Å². The van der Waals surface area contributed by atoms with Crippen molar-refractivity contribution in [2.45, 2.75) is 26.3 Å². The summed E-state index contributed by atoms with van der Waals surface area (Å²) in [6.45, 7) is 3.89. The number of aldehydes is 1. The number of hydrogen-bond donors (Lipinski definition) is 0. The number of rotatable bonds is 7. The maximum atomic E-state index is 12.5. The minimum Gasteiger partial charge on any atom is -0.469 e. The van der Waals surface area contributed by atoms with E-state index in [0.29, 0.717) is 5.56 Å². The first-order valence-electron chi connectivity index (χ1n) is 9.67. The summed E-state index contributed by atoms with van der Waals surface area (Å²) >= 11 is 0. The lowest BCUT2D eigenvalue weighted by Crippen LogP contribution is -2.44. The van der Waals surface area contributed by atoms with Gasteiger partial charge in [0.25, 0.3) is 0 Å². The van der Waals surface area contributed by atoms with Gasteiger partial charge in [0.2, 0.25) is 0 Å². The lowest BCUT2D eigenvalue weighted by atomic mass is 9.82. The van der Waals surface area contributed by atoms with Crippen LogP contribution in [0.1, 0.15) is 36.2 Å². The third-order valence-corrected chi connectivity index (χ3v) is 5.25. The van der Waals surface area contributed by atoms with Crippen molar-refractivity contribution in [3.63, 3.8) is 0 Å². The van der Waals surface area contributed by atoms with Crippen LogP contribution in [0.3, 0.4) is 0 Å². The SMILES string of the molecule is CCOC(=O)N1C[C@H](/C(C)=C/c2cccc(C=O)c2)[C@H](CC(=O)OC)[C@H]1C(=O)OC. The molecule has 1 heterocycles. The molecule has 1 aliphatic heterocycles. The van der Waals surface area contributed by atoms with Crippen molar-refractivity contribution in [2.24, 2.45) is 11.8 Å². The smallest absolute Gasteiger partial charge is 0.410 e. The molecule has 0 radical (unpaired) electrons. The number of hydrogen-bond acceptors (Lipinski definition) is 7. The molecule has 8 heteroatoms. The lowest BCUT2D eigenvalue weighted by molar-refractivity contribution is -0.148. The molecule has 0 unspecified atom stereocenters. The van der Waals surface area contributed by atoms with E-state index < -0.39 is 30.0 Å². The number of methoxy groups -OCH3 is 2. The predicted molar refractivity (Wildman–Crippen MR) is 109 cm³/mol. The fourth-order valence-electron chi connectivity index (χ4n) is 3.83. The summed E-state index contributed by atoms with van der Waals surface area (Å²) in [5, 5.41) is 0. The molecule has 30 heavy (non-hydrogen) atoms.